The van der Waals surface area contributed by atoms with E-state index in [2.05, 4.69) is 44.7 Å². The second-order valence-electron chi connectivity index (χ2n) is 6.26. The summed E-state index contributed by atoms with van der Waals surface area (Å²) in [6.07, 6.45) is 6.48. The van der Waals surface area contributed by atoms with Crippen molar-refractivity contribution in [2.75, 3.05) is 31.1 Å². The number of aromatic nitrogens is 2. The fourth-order valence-corrected chi connectivity index (χ4v) is 4.55. The molecule has 0 amide bonds. The molecule has 3 rings (SSSR count). The van der Waals surface area contributed by atoms with Gasteiger partial charge in [0.05, 0.1) is 12.2 Å². The highest BCUT2D eigenvalue weighted by Crippen LogP contribution is 2.24. The zero-order valence-electron chi connectivity index (χ0n) is 16.0. The Morgan fingerprint density at radius 2 is 2.07 bits per heavy atom. The van der Waals surface area contributed by atoms with Crippen molar-refractivity contribution in [3.05, 3.63) is 27.2 Å². The van der Waals surface area contributed by atoms with Crippen molar-refractivity contribution in [1.29, 1.82) is 0 Å². The first-order valence-corrected chi connectivity index (χ1v) is 11.1. The number of hydrogen-bond acceptors (Lipinski definition) is 6. The summed E-state index contributed by atoms with van der Waals surface area (Å²) >= 11 is 3.50. The van der Waals surface area contributed by atoms with Gasteiger partial charge in [0.2, 0.25) is 0 Å². The molecular formula is C18H29IN6S2. The Morgan fingerprint density at radius 3 is 2.78 bits per heavy atom. The lowest BCUT2D eigenvalue weighted by atomic mass is 10.3. The zero-order chi connectivity index (χ0) is 18.2. The smallest absolute Gasteiger partial charge is 0.191 e. The third-order valence-corrected chi connectivity index (χ3v) is 6.33. The molecule has 2 aromatic heterocycles. The maximum Gasteiger partial charge on any atom is 0.191 e. The number of hydrogen-bond donors (Lipinski definition) is 2. The minimum atomic E-state index is 0. The number of anilines is 1. The largest absolute Gasteiger partial charge is 0.357 e. The summed E-state index contributed by atoms with van der Waals surface area (Å²) in [5, 5.41) is 11.1. The minimum absolute atomic E-state index is 0. The Kier molecular flexibility index (Phi) is 9.77. The van der Waals surface area contributed by atoms with Crippen molar-refractivity contribution >= 4 is 57.7 Å². The summed E-state index contributed by atoms with van der Waals surface area (Å²) in [7, 11) is 0. The summed E-state index contributed by atoms with van der Waals surface area (Å²) < 4.78 is 0. The van der Waals surface area contributed by atoms with Crippen LogP contribution in [0.4, 0.5) is 5.13 Å². The van der Waals surface area contributed by atoms with Crippen LogP contribution in [0.2, 0.25) is 0 Å². The highest BCUT2D eigenvalue weighted by atomic mass is 127. The molecule has 0 unspecified atom stereocenters. The van der Waals surface area contributed by atoms with Gasteiger partial charge in [0.15, 0.2) is 11.1 Å². The SMILES string of the molecule is CCNC(=NCc1ncc(CC)s1)NCCc1csc(N2CCCC2)n1.I. The molecule has 2 aromatic rings. The number of aliphatic imine (C=N–C) groups is 1. The lowest BCUT2D eigenvalue weighted by Gasteiger charge is -2.12. The number of aryl methyl sites for hydroxylation is 1. The predicted molar refractivity (Wildman–Crippen MR) is 127 cm³/mol. The van der Waals surface area contributed by atoms with Gasteiger partial charge in [0.25, 0.3) is 0 Å². The Hall–Kier alpha value is -0.940. The molecule has 9 heteroatoms. The number of nitrogens with one attached hydrogen (secondary N) is 2. The van der Waals surface area contributed by atoms with Crippen LogP contribution >= 0.6 is 46.7 Å². The molecular weight excluding hydrogens is 491 g/mol. The van der Waals surface area contributed by atoms with Gasteiger partial charge in [-0.3, -0.25) is 0 Å². The summed E-state index contributed by atoms with van der Waals surface area (Å²) in [6.45, 7) is 8.83. The van der Waals surface area contributed by atoms with Crippen LogP contribution in [0, 0.1) is 0 Å². The van der Waals surface area contributed by atoms with Crippen molar-refractivity contribution in [3.8, 4) is 0 Å². The molecule has 1 fully saturated rings. The normalized spacial score (nSPS) is 14.3. The first kappa shape index (κ1) is 22.4. The number of guanidine groups is 1. The molecule has 150 valence electrons. The molecule has 3 heterocycles. The standard InChI is InChI=1S/C18H28N6S2.HI/c1-3-15-11-21-16(26-15)12-22-17(19-4-2)20-8-7-14-13-25-18(23-14)24-9-5-6-10-24;/h11,13H,3-10,12H2,1-2H3,(H2,19,20,22);1H. The van der Waals surface area contributed by atoms with E-state index in [1.165, 1.54) is 22.9 Å². The molecule has 0 aliphatic carbocycles. The second-order valence-corrected chi connectivity index (χ2v) is 8.30. The molecule has 0 bridgehead atoms. The number of rotatable bonds is 8. The topological polar surface area (TPSA) is 65.4 Å². The van der Waals surface area contributed by atoms with E-state index < -0.39 is 0 Å². The van der Waals surface area contributed by atoms with Crippen LogP contribution in [0.3, 0.4) is 0 Å². The van der Waals surface area contributed by atoms with Crippen LogP contribution in [-0.4, -0.2) is 42.1 Å². The van der Waals surface area contributed by atoms with Crippen LogP contribution in [0.25, 0.3) is 0 Å². The van der Waals surface area contributed by atoms with E-state index in [-0.39, 0.29) is 24.0 Å². The second kappa shape index (κ2) is 11.8. The molecule has 1 saturated heterocycles. The quantitative estimate of drug-likeness (QED) is 0.316. The molecule has 1 aliphatic rings. The monoisotopic (exact) mass is 520 g/mol. The summed E-state index contributed by atoms with van der Waals surface area (Å²) in [5.41, 5.74) is 1.16. The van der Waals surface area contributed by atoms with Crippen molar-refractivity contribution in [2.45, 2.75) is 46.1 Å². The van der Waals surface area contributed by atoms with E-state index in [0.717, 1.165) is 55.7 Å². The molecule has 0 radical (unpaired) electrons. The minimum Gasteiger partial charge on any atom is -0.357 e. The Bertz CT molecular complexity index is 708. The fourth-order valence-electron chi connectivity index (χ4n) is 2.85. The molecule has 2 N–H and O–H groups in total. The molecule has 27 heavy (non-hydrogen) atoms. The van der Waals surface area contributed by atoms with Gasteiger partial charge in [-0.05, 0) is 26.2 Å². The summed E-state index contributed by atoms with van der Waals surface area (Å²) in [5.74, 6) is 0.843. The summed E-state index contributed by atoms with van der Waals surface area (Å²) in [4.78, 5) is 17.6. The molecule has 0 saturated carbocycles. The van der Waals surface area contributed by atoms with E-state index in [0.29, 0.717) is 6.54 Å². The first-order valence-electron chi connectivity index (χ1n) is 9.43. The van der Waals surface area contributed by atoms with Crippen molar-refractivity contribution in [3.63, 3.8) is 0 Å². The van der Waals surface area contributed by atoms with Crippen molar-refractivity contribution < 1.29 is 0 Å². The van der Waals surface area contributed by atoms with Crippen LogP contribution in [0.15, 0.2) is 16.6 Å². The molecule has 0 spiro atoms. The highest BCUT2D eigenvalue weighted by molar-refractivity contribution is 14.0. The number of thiazole rings is 2. The van der Waals surface area contributed by atoms with E-state index in [9.17, 15) is 0 Å². The van der Waals surface area contributed by atoms with Crippen molar-refractivity contribution in [2.24, 2.45) is 4.99 Å². The first-order chi connectivity index (χ1) is 12.8. The van der Waals surface area contributed by atoms with Gasteiger partial charge in [-0.25, -0.2) is 15.0 Å². The van der Waals surface area contributed by atoms with Crippen LogP contribution in [0.5, 0.6) is 0 Å². The predicted octanol–water partition coefficient (Wildman–Crippen LogP) is 3.68. The maximum absolute atomic E-state index is 4.78. The van der Waals surface area contributed by atoms with Gasteiger partial charge in [0, 0.05) is 49.1 Å². The highest BCUT2D eigenvalue weighted by Gasteiger charge is 2.15. The van der Waals surface area contributed by atoms with Crippen LogP contribution in [0.1, 0.15) is 42.3 Å². The van der Waals surface area contributed by atoms with Gasteiger partial charge in [0.1, 0.15) is 5.01 Å². The third-order valence-electron chi connectivity index (χ3n) is 4.26. The van der Waals surface area contributed by atoms with E-state index in [1.54, 1.807) is 22.7 Å². The van der Waals surface area contributed by atoms with Gasteiger partial charge < -0.3 is 15.5 Å². The van der Waals surface area contributed by atoms with E-state index in [1.807, 2.05) is 6.20 Å². The fraction of sp³-hybridized carbons (Fsp3) is 0.611. The zero-order valence-corrected chi connectivity index (χ0v) is 20.0. The summed E-state index contributed by atoms with van der Waals surface area (Å²) in [6, 6.07) is 0. The Morgan fingerprint density at radius 1 is 1.26 bits per heavy atom. The van der Waals surface area contributed by atoms with Gasteiger partial charge in [-0.1, -0.05) is 6.92 Å². The third kappa shape index (κ3) is 6.86. The van der Waals surface area contributed by atoms with Gasteiger partial charge in [-0.15, -0.1) is 46.7 Å². The van der Waals surface area contributed by atoms with Crippen LogP contribution < -0.4 is 15.5 Å². The molecule has 1 aliphatic heterocycles. The molecule has 0 aromatic carbocycles. The Balaban J connectivity index is 0.00000261. The Labute approximate surface area is 186 Å². The molecule has 0 atom stereocenters. The lowest BCUT2D eigenvalue weighted by molar-refractivity contribution is 0.789. The van der Waals surface area contributed by atoms with E-state index >= 15 is 0 Å². The number of nitrogens with zero attached hydrogens (tertiary/aromatic N) is 4. The average Bonchev–Trinajstić information content (AvgIpc) is 3.40. The van der Waals surface area contributed by atoms with Crippen LogP contribution in [-0.2, 0) is 19.4 Å². The van der Waals surface area contributed by atoms with Crippen molar-refractivity contribution in [1.82, 2.24) is 20.6 Å². The number of halogens is 1. The molecule has 6 nitrogen and oxygen atoms in total. The average molecular weight is 521 g/mol. The van der Waals surface area contributed by atoms with Gasteiger partial charge >= 0.3 is 0 Å². The van der Waals surface area contributed by atoms with Gasteiger partial charge in [-0.2, -0.15) is 0 Å². The lowest BCUT2D eigenvalue weighted by Crippen LogP contribution is -2.38. The van der Waals surface area contributed by atoms with E-state index in [4.69, 9.17) is 4.98 Å². The maximum atomic E-state index is 4.78.